The van der Waals surface area contributed by atoms with E-state index in [2.05, 4.69) is 15.5 Å². The number of pyridine rings is 1. The summed E-state index contributed by atoms with van der Waals surface area (Å²) in [7, 11) is 0. The van der Waals surface area contributed by atoms with Gasteiger partial charge in [-0.3, -0.25) is 14.4 Å². The number of benzene rings is 3. The van der Waals surface area contributed by atoms with Gasteiger partial charge in [-0.15, -0.1) is 0 Å². The van der Waals surface area contributed by atoms with Gasteiger partial charge in [0.05, 0.1) is 11.4 Å². The monoisotopic (exact) mass is 540 g/mol. The summed E-state index contributed by atoms with van der Waals surface area (Å²) in [5, 5.41) is 5.55. The minimum absolute atomic E-state index is 0.00728. The molecule has 2 amide bonds. The third kappa shape index (κ3) is 4.98. The zero-order valence-corrected chi connectivity index (χ0v) is 21.4. The minimum Gasteiger partial charge on any atom is -0.369 e. The van der Waals surface area contributed by atoms with Gasteiger partial charge in [0.25, 0.3) is 17.4 Å². The fourth-order valence-electron chi connectivity index (χ4n) is 5.71. The van der Waals surface area contributed by atoms with Gasteiger partial charge in [0.2, 0.25) is 0 Å². The van der Waals surface area contributed by atoms with Crippen molar-refractivity contribution in [2.45, 2.75) is 18.9 Å². The molecule has 0 spiro atoms. The molecule has 1 fully saturated rings. The van der Waals surface area contributed by atoms with Crippen LogP contribution in [0, 0.1) is 17.6 Å². The summed E-state index contributed by atoms with van der Waals surface area (Å²) in [6.07, 6.45) is 0.973. The van der Waals surface area contributed by atoms with E-state index in [0.717, 1.165) is 29.9 Å². The number of hydrogen-bond donors (Lipinski definition) is 2. The van der Waals surface area contributed by atoms with E-state index in [-0.39, 0.29) is 34.6 Å². The molecule has 2 atom stereocenters. The topological polar surface area (TPSA) is 83.4 Å². The number of piperidine rings is 1. The Kier molecular flexibility index (Phi) is 6.63. The Labute approximate surface area is 229 Å². The van der Waals surface area contributed by atoms with Crippen molar-refractivity contribution in [3.63, 3.8) is 0 Å². The van der Waals surface area contributed by atoms with E-state index in [9.17, 15) is 23.2 Å². The number of halogens is 2. The third-order valence-corrected chi connectivity index (χ3v) is 7.54. The molecule has 4 aromatic rings. The maximum atomic E-state index is 13.7. The molecule has 0 aliphatic carbocycles. The van der Waals surface area contributed by atoms with E-state index >= 15 is 0 Å². The summed E-state index contributed by atoms with van der Waals surface area (Å²) in [4.78, 5) is 40.8. The number of rotatable bonds is 5. The van der Waals surface area contributed by atoms with Crippen LogP contribution in [0.2, 0.25) is 0 Å². The van der Waals surface area contributed by atoms with Crippen LogP contribution in [-0.2, 0) is 6.54 Å². The number of fused-ring (bicyclic) bond motifs is 4. The summed E-state index contributed by atoms with van der Waals surface area (Å²) < 4.78 is 28.9. The second-order valence-corrected chi connectivity index (χ2v) is 10.2. The molecule has 3 aromatic carbocycles. The Morgan fingerprint density at radius 3 is 2.35 bits per heavy atom. The lowest BCUT2D eigenvalue weighted by atomic mass is 9.83. The van der Waals surface area contributed by atoms with Crippen molar-refractivity contribution < 1.29 is 18.4 Å². The van der Waals surface area contributed by atoms with Crippen LogP contribution in [0.25, 0.3) is 0 Å². The van der Waals surface area contributed by atoms with Crippen molar-refractivity contribution >= 4 is 28.9 Å². The van der Waals surface area contributed by atoms with Crippen LogP contribution in [0.1, 0.15) is 38.7 Å². The Morgan fingerprint density at radius 2 is 1.55 bits per heavy atom. The Bertz CT molecular complexity index is 1670. The van der Waals surface area contributed by atoms with Gasteiger partial charge in [-0.2, -0.15) is 0 Å². The highest BCUT2D eigenvalue weighted by Gasteiger charge is 2.35. The van der Waals surface area contributed by atoms with Crippen molar-refractivity contribution in [1.82, 2.24) is 4.57 Å². The lowest BCUT2D eigenvalue weighted by molar-refractivity contribution is 0.101. The number of carbonyl (C=O) groups excluding carboxylic acids is 2. The highest BCUT2D eigenvalue weighted by molar-refractivity contribution is 6.09. The Balaban J connectivity index is 1.32. The average molecular weight is 541 g/mol. The molecule has 0 radical (unpaired) electrons. The van der Waals surface area contributed by atoms with Crippen molar-refractivity contribution in [2.75, 3.05) is 28.6 Å². The maximum Gasteiger partial charge on any atom is 0.255 e. The zero-order chi connectivity index (χ0) is 27.8. The number of hydrogen-bond acceptors (Lipinski definition) is 4. The van der Waals surface area contributed by atoms with Gasteiger partial charge in [-0.1, -0.05) is 24.3 Å². The molecule has 3 heterocycles. The van der Waals surface area contributed by atoms with Gasteiger partial charge < -0.3 is 20.1 Å². The molecule has 2 unspecified atom stereocenters. The molecule has 7 nitrogen and oxygen atoms in total. The molecule has 1 aromatic heterocycles. The van der Waals surface area contributed by atoms with E-state index in [1.54, 1.807) is 54.6 Å². The molecule has 6 rings (SSSR count). The Hall–Kier alpha value is -4.79. The van der Waals surface area contributed by atoms with Crippen molar-refractivity contribution in [1.29, 1.82) is 0 Å². The average Bonchev–Trinajstić information content (AvgIpc) is 2.96. The first-order valence-electron chi connectivity index (χ1n) is 13.1. The molecule has 1 saturated heterocycles. The molecule has 202 valence electrons. The number of nitrogens with zero attached hydrogens (tertiary/aromatic N) is 2. The lowest BCUT2D eigenvalue weighted by Crippen LogP contribution is -2.47. The molecule has 40 heavy (non-hydrogen) atoms. The van der Waals surface area contributed by atoms with E-state index in [1.807, 2.05) is 16.7 Å². The van der Waals surface area contributed by atoms with E-state index in [0.29, 0.717) is 30.9 Å². The van der Waals surface area contributed by atoms with Gasteiger partial charge in [0.1, 0.15) is 0 Å². The van der Waals surface area contributed by atoms with Crippen molar-refractivity contribution in [3.05, 3.63) is 124 Å². The fourth-order valence-corrected chi connectivity index (χ4v) is 5.71. The van der Waals surface area contributed by atoms with Crippen molar-refractivity contribution in [3.8, 4) is 0 Å². The van der Waals surface area contributed by atoms with Gasteiger partial charge in [-0.25, -0.2) is 8.78 Å². The van der Waals surface area contributed by atoms with Crippen LogP contribution in [0.4, 0.5) is 25.8 Å². The molecular weight excluding hydrogens is 514 g/mol. The third-order valence-electron chi connectivity index (χ3n) is 7.54. The van der Waals surface area contributed by atoms with Crippen LogP contribution in [0.5, 0.6) is 0 Å². The van der Waals surface area contributed by atoms with Crippen molar-refractivity contribution in [2.24, 2.45) is 5.92 Å². The van der Waals surface area contributed by atoms with E-state index in [4.69, 9.17) is 0 Å². The van der Waals surface area contributed by atoms with E-state index in [1.165, 1.54) is 6.07 Å². The number of nitrogens with one attached hydrogen (secondary N) is 2. The SMILES string of the molecule is O=C(Nc1ccc(F)c(F)c1)c1ccc(N2CC3CC(C2)c2cccc(=O)n2C3)c(NC(=O)c2ccccc2)c1. The van der Waals surface area contributed by atoms with Crippen LogP contribution >= 0.6 is 0 Å². The van der Waals surface area contributed by atoms with Gasteiger partial charge in [0, 0.05) is 60.2 Å². The smallest absolute Gasteiger partial charge is 0.255 e. The highest BCUT2D eigenvalue weighted by atomic mass is 19.2. The molecule has 0 saturated carbocycles. The van der Waals surface area contributed by atoms with Gasteiger partial charge >= 0.3 is 0 Å². The predicted molar refractivity (Wildman–Crippen MR) is 149 cm³/mol. The summed E-state index contributed by atoms with van der Waals surface area (Å²) in [5.74, 6) is -2.53. The first kappa shape index (κ1) is 25.5. The Morgan fingerprint density at radius 1 is 0.750 bits per heavy atom. The standard InChI is InChI=1S/C31H26F2N4O3/c32-24-11-10-23(15-25(24)33)34-31(40)21-9-12-28(26(14-21)35-30(39)20-5-2-1-3-6-20)36-16-19-13-22(18-36)27-7-4-8-29(38)37(27)17-19/h1-12,14-15,19,22H,13,16-18H2,(H,34,40)(H,35,39). The number of anilines is 3. The van der Waals surface area contributed by atoms with Gasteiger partial charge in [-0.05, 0) is 60.9 Å². The first-order valence-corrected chi connectivity index (χ1v) is 13.1. The molecule has 2 N–H and O–H groups in total. The van der Waals surface area contributed by atoms with E-state index < -0.39 is 17.5 Å². The van der Waals surface area contributed by atoms with Crippen LogP contribution in [0.3, 0.4) is 0 Å². The highest BCUT2D eigenvalue weighted by Crippen LogP contribution is 2.39. The summed E-state index contributed by atoms with van der Waals surface area (Å²) >= 11 is 0. The van der Waals surface area contributed by atoms with Crippen LogP contribution in [-0.4, -0.2) is 29.5 Å². The summed E-state index contributed by atoms with van der Waals surface area (Å²) in [6.45, 7) is 1.96. The second kappa shape index (κ2) is 10.4. The summed E-state index contributed by atoms with van der Waals surface area (Å²) in [6, 6.07) is 22.3. The zero-order valence-electron chi connectivity index (χ0n) is 21.4. The number of aromatic nitrogens is 1. The number of carbonyl (C=O) groups is 2. The fraction of sp³-hybridized carbons (Fsp3) is 0.194. The molecule has 2 aliphatic heterocycles. The normalized spacial score (nSPS) is 17.6. The quantitative estimate of drug-likeness (QED) is 0.362. The molecule has 2 aliphatic rings. The minimum atomic E-state index is -1.07. The molecular formula is C31H26F2N4O3. The summed E-state index contributed by atoms with van der Waals surface area (Å²) in [5.41, 5.74) is 3.05. The van der Waals surface area contributed by atoms with Crippen LogP contribution < -0.4 is 21.1 Å². The lowest BCUT2D eigenvalue weighted by Gasteiger charge is -2.44. The first-order chi connectivity index (χ1) is 19.4. The largest absolute Gasteiger partial charge is 0.369 e. The molecule has 9 heteroatoms. The number of amides is 2. The maximum absolute atomic E-state index is 13.7. The predicted octanol–water partition coefficient (Wildman–Crippen LogP) is 5.25. The van der Waals surface area contributed by atoms with Crippen LogP contribution in [0.15, 0.2) is 89.7 Å². The van der Waals surface area contributed by atoms with Gasteiger partial charge in [0.15, 0.2) is 11.6 Å². The second-order valence-electron chi connectivity index (χ2n) is 10.2. The molecule has 2 bridgehead atoms.